The number of pyridine rings is 1. The molecule has 2 rings (SSSR count). The third-order valence-electron chi connectivity index (χ3n) is 3.17. The van der Waals surface area contributed by atoms with Crippen molar-refractivity contribution < 1.29 is 8.78 Å². The standard InChI is InChI=1S/C15H15ClF2N2/c1-8-6-13(18)11(7-12(8)17)9(2)19-14-4-5-15(16)20-10(14)3/h4-7,9,19H,1-3H3. The number of nitrogens with one attached hydrogen (secondary N) is 1. The van der Waals surface area contributed by atoms with E-state index < -0.39 is 11.6 Å². The second-order valence-electron chi connectivity index (χ2n) is 4.76. The molecule has 0 saturated carbocycles. The SMILES string of the molecule is Cc1cc(F)c(C(C)Nc2ccc(Cl)nc2C)cc1F. The van der Waals surface area contributed by atoms with Gasteiger partial charge in [0.25, 0.3) is 0 Å². The fourth-order valence-electron chi connectivity index (χ4n) is 1.99. The Kier molecular flexibility index (Phi) is 4.23. The van der Waals surface area contributed by atoms with Crippen LogP contribution in [0.15, 0.2) is 24.3 Å². The lowest BCUT2D eigenvalue weighted by molar-refractivity contribution is 0.571. The second-order valence-corrected chi connectivity index (χ2v) is 5.14. The van der Waals surface area contributed by atoms with E-state index in [2.05, 4.69) is 10.3 Å². The van der Waals surface area contributed by atoms with Gasteiger partial charge < -0.3 is 5.32 Å². The maximum atomic E-state index is 13.9. The monoisotopic (exact) mass is 296 g/mol. The van der Waals surface area contributed by atoms with Gasteiger partial charge in [-0.2, -0.15) is 0 Å². The summed E-state index contributed by atoms with van der Waals surface area (Å²) in [5, 5.41) is 3.51. The average Bonchev–Trinajstić information content (AvgIpc) is 2.37. The van der Waals surface area contributed by atoms with Crippen LogP contribution in [0.2, 0.25) is 5.15 Å². The Labute approximate surface area is 121 Å². The van der Waals surface area contributed by atoms with Crippen LogP contribution in [0, 0.1) is 25.5 Å². The molecule has 1 heterocycles. The number of anilines is 1. The van der Waals surface area contributed by atoms with E-state index in [1.165, 1.54) is 19.1 Å². The number of rotatable bonds is 3. The van der Waals surface area contributed by atoms with Crippen LogP contribution < -0.4 is 5.32 Å². The summed E-state index contributed by atoms with van der Waals surface area (Å²) in [7, 11) is 0. The van der Waals surface area contributed by atoms with Crippen LogP contribution in [0.1, 0.15) is 29.8 Å². The fourth-order valence-corrected chi connectivity index (χ4v) is 2.18. The Morgan fingerprint density at radius 1 is 1.15 bits per heavy atom. The zero-order valence-electron chi connectivity index (χ0n) is 11.5. The van der Waals surface area contributed by atoms with Gasteiger partial charge in [-0.25, -0.2) is 13.8 Å². The van der Waals surface area contributed by atoms with E-state index in [9.17, 15) is 8.78 Å². The number of benzene rings is 1. The van der Waals surface area contributed by atoms with Gasteiger partial charge in [-0.1, -0.05) is 11.6 Å². The van der Waals surface area contributed by atoms with Crippen molar-refractivity contribution in [3.63, 3.8) is 0 Å². The number of nitrogens with zero attached hydrogens (tertiary/aromatic N) is 1. The number of aryl methyl sites for hydroxylation is 2. The lowest BCUT2D eigenvalue weighted by Crippen LogP contribution is -2.11. The van der Waals surface area contributed by atoms with Gasteiger partial charge in [0.15, 0.2) is 0 Å². The average molecular weight is 297 g/mol. The van der Waals surface area contributed by atoms with Crippen LogP contribution in [0.4, 0.5) is 14.5 Å². The quantitative estimate of drug-likeness (QED) is 0.823. The van der Waals surface area contributed by atoms with Crippen molar-refractivity contribution in [2.75, 3.05) is 5.32 Å². The van der Waals surface area contributed by atoms with Gasteiger partial charge in [0.2, 0.25) is 0 Å². The Morgan fingerprint density at radius 3 is 2.50 bits per heavy atom. The van der Waals surface area contributed by atoms with E-state index in [4.69, 9.17) is 11.6 Å². The second kappa shape index (κ2) is 5.75. The highest BCUT2D eigenvalue weighted by Crippen LogP contribution is 2.25. The van der Waals surface area contributed by atoms with E-state index in [1.54, 1.807) is 26.0 Å². The van der Waals surface area contributed by atoms with Crippen molar-refractivity contribution in [3.8, 4) is 0 Å². The highest BCUT2D eigenvalue weighted by Gasteiger charge is 2.14. The molecule has 1 aromatic heterocycles. The lowest BCUT2D eigenvalue weighted by atomic mass is 10.0. The summed E-state index contributed by atoms with van der Waals surface area (Å²) in [4.78, 5) is 4.11. The Balaban J connectivity index is 2.28. The smallest absolute Gasteiger partial charge is 0.129 e. The number of hydrogen-bond donors (Lipinski definition) is 1. The summed E-state index contributed by atoms with van der Waals surface area (Å²) in [5.74, 6) is -0.843. The normalized spacial score (nSPS) is 12.3. The zero-order valence-corrected chi connectivity index (χ0v) is 12.2. The molecule has 1 aromatic carbocycles. The molecule has 0 bridgehead atoms. The van der Waals surface area contributed by atoms with Gasteiger partial charge in [0.1, 0.15) is 16.8 Å². The topological polar surface area (TPSA) is 24.9 Å². The first-order valence-corrected chi connectivity index (χ1v) is 6.61. The molecule has 0 fully saturated rings. The molecular weight excluding hydrogens is 282 g/mol. The first-order valence-electron chi connectivity index (χ1n) is 6.23. The van der Waals surface area contributed by atoms with E-state index >= 15 is 0 Å². The van der Waals surface area contributed by atoms with Crippen LogP contribution in [-0.4, -0.2) is 4.98 Å². The van der Waals surface area contributed by atoms with Crippen molar-refractivity contribution in [3.05, 3.63) is 57.9 Å². The third kappa shape index (κ3) is 3.07. The van der Waals surface area contributed by atoms with E-state index in [0.29, 0.717) is 16.4 Å². The Morgan fingerprint density at radius 2 is 1.85 bits per heavy atom. The molecule has 0 amide bonds. The van der Waals surface area contributed by atoms with Crippen molar-refractivity contribution in [1.82, 2.24) is 4.98 Å². The van der Waals surface area contributed by atoms with E-state index in [0.717, 1.165) is 5.69 Å². The Hall–Kier alpha value is -1.68. The molecule has 0 saturated heterocycles. The molecule has 1 N–H and O–H groups in total. The van der Waals surface area contributed by atoms with E-state index in [-0.39, 0.29) is 11.6 Å². The summed E-state index contributed by atoms with van der Waals surface area (Å²) in [6, 6.07) is 5.46. The summed E-state index contributed by atoms with van der Waals surface area (Å²) in [6.07, 6.45) is 0. The molecule has 0 aliphatic rings. The largest absolute Gasteiger partial charge is 0.377 e. The summed E-state index contributed by atoms with van der Waals surface area (Å²) < 4.78 is 27.5. The first kappa shape index (κ1) is 14.7. The van der Waals surface area contributed by atoms with Crippen LogP contribution in [0.5, 0.6) is 0 Å². The number of halogens is 3. The summed E-state index contributed by atoms with van der Waals surface area (Å²) in [5.41, 5.74) is 2.02. The molecule has 0 aliphatic carbocycles. The molecule has 1 unspecified atom stereocenters. The molecule has 5 heteroatoms. The molecular formula is C15H15ClF2N2. The zero-order chi connectivity index (χ0) is 14.9. The van der Waals surface area contributed by atoms with Crippen LogP contribution in [0.3, 0.4) is 0 Å². The molecule has 0 aliphatic heterocycles. The molecule has 1 atom stereocenters. The van der Waals surface area contributed by atoms with Gasteiger partial charge in [0.05, 0.1) is 17.4 Å². The maximum absolute atomic E-state index is 13.9. The molecule has 2 nitrogen and oxygen atoms in total. The predicted octanol–water partition coefficient (Wildman–Crippen LogP) is 4.80. The van der Waals surface area contributed by atoms with Gasteiger partial charge in [-0.05, 0) is 50.6 Å². The van der Waals surface area contributed by atoms with Crippen molar-refractivity contribution >= 4 is 17.3 Å². The van der Waals surface area contributed by atoms with Gasteiger partial charge in [-0.3, -0.25) is 0 Å². The predicted molar refractivity (Wildman–Crippen MR) is 77.1 cm³/mol. The maximum Gasteiger partial charge on any atom is 0.129 e. The van der Waals surface area contributed by atoms with E-state index in [1.807, 2.05) is 0 Å². The molecule has 20 heavy (non-hydrogen) atoms. The minimum absolute atomic E-state index is 0.280. The number of hydrogen-bond acceptors (Lipinski definition) is 2. The third-order valence-corrected chi connectivity index (χ3v) is 3.38. The van der Waals surface area contributed by atoms with Crippen molar-refractivity contribution in [1.29, 1.82) is 0 Å². The molecule has 0 radical (unpaired) electrons. The summed E-state index contributed by atoms with van der Waals surface area (Å²) >= 11 is 5.79. The fraction of sp³-hybridized carbons (Fsp3) is 0.267. The van der Waals surface area contributed by atoms with Crippen molar-refractivity contribution in [2.45, 2.75) is 26.8 Å². The molecule has 0 spiro atoms. The molecule has 106 valence electrons. The van der Waals surface area contributed by atoms with Crippen LogP contribution in [0.25, 0.3) is 0 Å². The summed E-state index contributed by atoms with van der Waals surface area (Å²) in [6.45, 7) is 5.10. The lowest BCUT2D eigenvalue weighted by Gasteiger charge is -2.18. The highest BCUT2D eigenvalue weighted by atomic mass is 35.5. The van der Waals surface area contributed by atoms with Gasteiger partial charge in [0, 0.05) is 5.56 Å². The van der Waals surface area contributed by atoms with Gasteiger partial charge in [-0.15, -0.1) is 0 Å². The highest BCUT2D eigenvalue weighted by molar-refractivity contribution is 6.29. The first-order chi connectivity index (χ1) is 9.38. The van der Waals surface area contributed by atoms with Crippen LogP contribution >= 0.6 is 11.6 Å². The van der Waals surface area contributed by atoms with Crippen molar-refractivity contribution in [2.24, 2.45) is 0 Å². The van der Waals surface area contributed by atoms with Crippen LogP contribution in [-0.2, 0) is 0 Å². The minimum Gasteiger partial charge on any atom is -0.377 e. The molecule has 2 aromatic rings. The number of aromatic nitrogens is 1. The van der Waals surface area contributed by atoms with Gasteiger partial charge >= 0.3 is 0 Å². The minimum atomic E-state index is -0.427. The Bertz CT molecular complexity index is 644.